The molecule has 2 heteroatoms. The Balaban J connectivity index is 1.73. The van der Waals surface area contributed by atoms with E-state index < -0.39 is 8.32 Å². The SMILES string of the molecule is C#CC12CC(CO[Si](c3ccccc3)(c3ccccc3)C(C)(C)C)(C1)C2. The van der Waals surface area contributed by atoms with Gasteiger partial charge in [-0.3, -0.25) is 0 Å². The van der Waals surface area contributed by atoms with Crippen molar-refractivity contribution in [2.45, 2.75) is 45.1 Å². The summed E-state index contributed by atoms with van der Waals surface area (Å²) in [6, 6.07) is 21.8. The van der Waals surface area contributed by atoms with Gasteiger partial charge in [-0.2, -0.15) is 0 Å². The lowest BCUT2D eigenvalue weighted by Crippen LogP contribution is -2.70. The summed E-state index contributed by atoms with van der Waals surface area (Å²) in [4.78, 5) is 0. The fourth-order valence-electron chi connectivity index (χ4n) is 5.33. The van der Waals surface area contributed by atoms with Crippen molar-refractivity contribution in [3.63, 3.8) is 0 Å². The first kappa shape index (κ1) is 17.6. The van der Waals surface area contributed by atoms with Crippen LogP contribution in [0.1, 0.15) is 40.0 Å². The van der Waals surface area contributed by atoms with Gasteiger partial charge in [0.2, 0.25) is 0 Å². The lowest BCUT2D eigenvalue weighted by Gasteiger charge is -2.69. The molecule has 0 atom stereocenters. The molecule has 3 aliphatic carbocycles. The summed E-state index contributed by atoms with van der Waals surface area (Å²) in [6.07, 6.45) is 9.16. The maximum absolute atomic E-state index is 7.07. The van der Waals surface area contributed by atoms with Gasteiger partial charge in [0.15, 0.2) is 0 Å². The molecule has 3 fully saturated rings. The first-order valence-electron chi connectivity index (χ1n) is 9.58. The van der Waals surface area contributed by atoms with Crippen LogP contribution >= 0.6 is 0 Å². The highest BCUT2D eigenvalue weighted by Gasteiger charge is 2.67. The molecule has 0 heterocycles. The molecule has 0 spiro atoms. The van der Waals surface area contributed by atoms with Gasteiger partial charge in [-0.1, -0.05) is 87.4 Å². The molecule has 2 aromatic rings. The summed E-state index contributed by atoms with van der Waals surface area (Å²) in [5, 5.41) is 2.76. The van der Waals surface area contributed by atoms with Gasteiger partial charge < -0.3 is 4.43 Å². The molecule has 0 unspecified atom stereocenters. The topological polar surface area (TPSA) is 9.23 Å². The van der Waals surface area contributed by atoms with Gasteiger partial charge in [-0.15, -0.1) is 6.42 Å². The van der Waals surface area contributed by atoms with Crippen molar-refractivity contribution in [1.29, 1.82) is 0 Å². The predicted molar refractivity (Wildman–Crippen MR) is 111 cm³/mol. The van der Waals surface area contributed by atoms with Crippen LogP contribution in [0.5, 0.6) is 0 Å². The third-order valence-corrected chi connectivity index (χ3v) is 11.4. The zero-order valence-corrected chi connectivity index (χ0v) is 17.1. The lowest BCUT2D eigenvalue weighted by atomic mass is 9.36. The van der Waals surface area contributed by atoms with Gasteiger partial charge in [-0.05, 0) is 40.1 Å². The molecule has 0 amide bonds. The Morgan fingerprint density at radius 1 is 0.923 bits per heavy atom. The summed E-state index contributed by atoms with van der Waals surface area (Å²) in [5.41, 5.74) is 0.536. The van der Waals surface area contributed by atoms with Crippen LogP contribution in [0, 0.1) is 23.2 Å². The van der Waals surface area contributed by atoms with E-state index in [9.17, 15) is 0 Å². The van der Waals surface area contributed by atoms with Gasteiger partial charge in [0, 0.05) is 12.0 Å². The molecule has 0 aliphatic heterocycles. The van der Waals surface area contributed by atoms with E-state index in [4.69, 9.17) is 10.8 Å². The minimum Gasteiger partial charge on any atom is -0.407 e. The van der Waals surface area contributed by atoms with Crippen molar-refractivity contribution < 1.29 is 4.43 Å². The Morgan fingerprint density at radius 2 is 1.38 bits per heavy atom. The first-order valence-corrected chi connectivity index (χ1v) is 11.5. The maximum atomic E-state index is 7.07. The zero-order chi connectivity index (χ0) is 18.5. The summed E-state index contributed by atoms with van der Waals surface area (Å²) in [6.45, 7) is 7.85. The van der Waals surface area contributed by atoms with Crippen LogP contribution in [0.25, 0.3) is 0 Å². The molecular formula is C24H28OSi. The Bertz CT molecular complexity index is 767. The second kappa shape index (κ2) is 5.84. The Hall–Kier alpha value is -1.82. The van der Waals surface area contributed by atoms with Crippen molar-refractivity contribution >= 4 is 18.7 Å². The van der Waals surface area contributed by atoms with E-state index in [0.29, 0.717) is 5.41 Å². The molecule has 0 aromatic heterocycles. The van der Waals surface area contributed by atoms with Crippen LogP contribution in [0.15, 0.2) is 60.7 Å². The summed E-state index contributed by atoms with van der Waals surface area (Å²) in [5.74, 6) is 3.02. The highest BCUT2D eigenvalue weighted by Crippen LogP contribution is 2.73. The fraction of sp³-hybridized carbons (Fsp3) is 0.417. The minimum absolute atomic E-state index is 0.0447. The first-order chi connectivity index (χ1) is 12.3. The van der Waals surface area contributed by atoms with Gasteiger partial charge in [0.25, 0.3) is 8.32 Å². The van der Waals surface area contributed by atoms with E-state index in [0.717, 1.165) is 25.9 Å². The van der Waals surface area contributed by atoms with Gasteiger partial charge in [-0.25, -0.2) is 0 Å². The Morgan fingerprint density at radius 3 is 1.77 bits per heavy atom. The van der Waals surface area contributed by atoms with Crippen LogP contribution in [0.2, 0.25) is 5.04 Å². The van der Waals surface area contributed by atoms with Gasteiger partial charge in [0.1, 0.15) is 0 Å². The summed E-state index contributed by atoms with van der Waals surface area (Å²) in [7, 11) is -2.40. The summed E-state index contributed by atoms with van der Waals surface area (Å²) >= 11 is 0. The smallest absolute Gasteiger partial charge is 0.261 e. The van der Waals surface area contributed by atoms with Crippen LogP contribution in [-0.2, 0) is 4.43 Å². The van der Waals surface area contributed by atoms with E-state index in [2.05, 4.69) is 87.4 Å². The van der Waals surface area contributed by atoms with Crippen LogP contribution < -0.4 is 10.4 Å². The monoisotopic (exact) mass is 360 g/mol. The molecule has 1 nitrogen and oxygen atoms in total. The minimum atomic E-state index is -2.40. The van der Waals surface area contributed by atoms with Crippen molar-refractivity contribution in [3.8, 4) is 12.3 Å². The standard InChI is InChI=1S/C24H28OSi/c1-5-23-16-24(17-23,18-23)19-25-26(22(2,3)4,20-12-8-6-9-13-20)21-14-10-7-11-15-21/h1,6-15H,16-19H2,2-4H3. The van der Waals surface area contributed by atoms with Gasteiger partial charge >= 0.3 is 0 Å². The number of hydrogen-bond acceptors (Lipinski definition) is 1. The van der Waals surface area contributed by atoms with E-state index in [-0.39, 0.29) is 10.5 Å². The van der Waals surface area contributed by atoms with E-state index >= 15 is 0 Å². The second-order valence-corrected chi connectivity index (χ2v) is 13.7. The average Bonchev–Trinajstić information content (AvgIpc) is 2.56. The summed E-state index contributed by atoms with van der Waals surface area (Å²) < 4.78 is 7.07. The van der Waals surface area contributed by atoms with E-state index in [1.807, 2.05) is 0 Å². The third-order valence-electron chi connectivity index (χ3n) is 6.46. The number of hydrogen-bond donors (Lipinski definition) is 0. The van der Waals surface area contributed by atoms with Crippen LogP contribution in [-0.4, -0.2) is 14.9 Å². The molecule has 3 aliphatic rings. The number of benzene rings is 2. The third kappa shape index (κ3) is 2.49. The molecule has 26 heavy (non-hydrogen) atoms. The zero-order valence-electron chi connectivity index (χ0n) is 16.1. The van der Waals surface area contributed by atoms with Crippen molar-refractivity contribution in [1.82, 2.24) is 0 Å². The highest BCUT2D eigenvalue weighted by atomic mass is 28.4. The molecule has 2 aromatic carbocycles. The molecule has 5 rings (SSSR count). The predicted octanol–water partition coefficient (Wildman–Crippen LogP) is 4.37. The lowest BCUT2D eigenvalue weighted by molar-refractivity contribution is -0.182. The fourth-order valence-corrected chi connectivity index (χ4v) is 10.0. The maximum Gasteiger partial charge on any atom is 0.261 e. The molecular weight excluding hydrogens is 332 g/mol. The molecule has 0 radical (unpaired) electrons. The number of rotatable bonds is 5. The van der Waals surface area contributed by atoms with Crippen molar-refractivity contribution in [3.05, 3.63) is 60.7 Å². The van der Waals surface area contributed by atoms with Crippen LogP contribution in [0.3, 0.4) is 0 Å². The Kier molecular flexibility index (Phi) is 3.95. The van der Waals surface area contributed by atoms with Crippen LogP contribution in [0.4, 0.5) is 0 Å². The number of terminal acetylenes is 1. The average molecular weight is 361 g/mol. The molecule has 3 saturated carbocycles. The van der Waals surface area contributed by atoms with Crippen molar-refractivity contribution in [2.75, 3.05) is 6.61 Å². The molecule has 0 saturated heterocycles. The highest BCUT2D eigenvalue weighted by molar-refractivity contribution is 6.99. The second-order valence-electron chi connectivity index (χ2n) is 9.41. The van der Waals surface area contributed by atoms with E-state index in [1.165, 1.54) is 10.4 Å². The van der Waals surface area contributed by atoms with E-state index in [1.54, 1.807) is 0 Å². The largest absolute Gasteiger partial charge is 0.407 e. The van der Waals surface area contributed by atoms with Gasteiger partial charge in [0.05, 0.1) is 0 Å². The molecule has 2 bridgehead atoms. The molecule has 0 N–H and O–H groups in total. The molecule has 134 valence electrons. The quantitative estimate of drug-likeness (QED) is 0.568. The normalized spacial score (nSPS) is 27.2. The van der Waals surface area contributed by atoms with Crippen molar-refractivity contribution in [2.24, 2.45) is 10.8 Å². The Labute approximate surface area is 158 Å².